The molecule has 0 bridgehead atoms. The first-order valence-corrected chi connectivity index (χ1v) is 7.43. The van der Waals surface area contributed by atoms with Crippen LogP contribution >= 0.6 is 0 Å². The molecule has 1 aromatic rings. The van der Waals surface area contributed by atoms with Crippen LogP contribution in [0.2, 0.25) is 0 Å². The van der Waals surface area contributed by atoms with E-state index >= 15 is 0 Å². The SMILES string of the molecule is CCOC(C(C)C)C(Cc1ncnn1CC(C)C)NN. The fourth-order valence-corrected chi connectivity index (χ4v) is 2.38. The van der Waals surface area contributed by atoms with Gasteiger partial charge in [0.05, 0.1) is 12.1 Å². The van der Waals surface area contributed by atoms with E-state index in [9.17, 15) is 0 Å². The summed E-state index contributed by atoms with van der Waals surface area (Å²) in [5, 5.41) is 4.29. The molecule has 0 saturated heterocycles. The van der Waals surface area contributed by atoms with Gasteiger partial charge in [0.2, 0.25) is 0 Å². The Bertz CT molecular complexity index is 377. The van der Waals surface area contributed by atoms with Gasteiger partial charge in [-0.15, -0.1) is 0 Å². The smallest absolute Gasteiger partial charge is 0.138 e. The van der Waals surface area contributed by atoms with Crippen LogP contribution in [0.4, 0.5) is 0 Å². The first kappa shape index (κ1) is 17.1. The van der Waals surface area contributed by atoms with Crippen molar-refractivity contribution in [2.24, 2.45) is 17.7 Å². The van der Waals surface area contributed by atoms with E-state index in [-0.39, 0.29) is 12.1 Å². The van der Waals surface area contributed by atoms with E-state index in [0.717, 1.165) is 12.4 Å². The fourth-order valence-electron chi connectivity index (χ4n) is 2.38. The lowest BCUT2D eigenvalue weighted by atomic mass is 9.97. The molecule has 1 rings (SSSR count). The third-order valence-electron chi connectivity index (χ3n) is 3.26. The second-order valence-corrected chi connectivity index (χ2v) is 5.89. The van der Waals surface area contributed by atoms with E-state index in [1.54, 1.807) is 6.33 Å². The summed E-state index contributed by atoms with van der Waals surface area (Å²) in [6.45, 7) is 12.2. The maximum Gasteiger partial charge on any atom is 0.138 e. The van der Waals surface area contributed by atoms with E-state index in [0.29, 0.717) is 24.9 Å². The molecule has 3 N–H and O–H groups in total. The Morgan fingerprint density at radius 3 is 2.55 bits per heavy atom. The molecule has 6 heteroatoms. The Labute approximate surface area is 122 Å². The van der Waals surface area contributed by atoms with Crippen LogP contribution in [-0.2, 0) is 17.7 Å². The topological polar surface area (TPSA) is 78.0 Å². The molecular weight excluding hydrogens is 254 g/mol. The molecule has 20 heavy (non-hydrogen) atoms. The predicted molar refractivity (Wildman–Crippen MR) is 79.9 cm³/mol. The van der Waals surface area contributed by atoms with Crippen LogP contribution in [-0.4, -0.2) is 33.5 Å². The number of nitrogens with one attached hydrogen (secondary N) is 1. The number of nitrogens with two attached hydrogens (primary N) is 1. The molecule has 0 aromatic carbocycles. The third-order valence-corrected chi connectivity index (χ3v) is 3.26. The van der Waals surface area contributed by atoms with E-state index in [2.05, 4.69) is 43.2 Å². The van der Waals surface area contributed by atoms with Gasteiger partial charge in [0.25, 0.3) is 0 Å². The molecule has 0 fully saturated rings. The van der Waals surface area contributed by atoms with Gasteiger partial charge in [0.1, 0.15) is 12.2 Å². The van der Waals surface area contributed by atoms with Crippen molar-refractivity contribution >= 4 is 0 Å². The normalized spacial score (nSPS) is 15.0. The number of ether oxygens (including phenoxy) is 1. The van der Waals surface area contributed by atoms with Gasteiger partial charge in [0.15, 0.2) is 0 Å². The molecule has 0 aliphatic carbocycles. The molecule has 0 radical (unpaired) electrons. The molecule has 2 unspecified atom stereocenters. The number of rotatable bonds is 9. The maximum atomic E-state index is 5.83. The first-order chi connectivity index (χ1) is 9.49. The first-order valence-electron chi connectivity index (χ1n) is 7.43. The van der Waals surface area contributed by atoms with Gasteiger partial charge in [-0.3, -0.25) is 11.3 Å². The van der Waals surface area contributed by atoms with E-state index < -0.39 is 0 Å². The monoisotopic (exact) mass is 283 g/mol. The molecule has 1 heterocycles. The van der Waals surface area contributed by atoms with Crippen LogP contribution in [0.25, 0.3) is 0 Å². The Hall–Kier alpha value is -0.980. The zero-order valence-electron chi connectivity index (χ0n) is 13.3. The molecule has 6 nitrogen and oxygen atoms in total. The quantitative estimate of drug-likeness (QED) is 0.528. The third kappa shape index (κ3) is 4.85. The summed E-state index contributed by atoms with van der Waals surface area (Å²) in [4.78, 5) is 4.36. The van der Waals surface area contributed by atoms with Crippen molar-refractivity contribution in [2.75, 3.05) is 6.61 Å². The average Bonchev–Trinajstić information content (AvgIpc) is 2.79. The summed E-state index contributed by atoms with van der Waals surface area (Å²) in [5.74, 6) is 7.59. The highest BCUT2D eigenvalue weighted by molar-refractivity contribution is 4.93. The summed E-state index contributed by atoms with van der Waals surface area (Å²) < 4.78 is 7.78. The van der Waals surface area contributed by atoms with Crippen molar-refractivity contribution in [1.29, 1.82) is 0 Å². The number of hydrogen-bond donors (Lipinski definition) is 2. The second-order valence-electron chi connectivity index (χ2n) is 5.89. The van der Waals surface area contributed by atoms with Crippen molar-refractivity contribution in [3.05, 3.63) is 12.2 Å². The summed E-state index contributed by atoms with van der Waals surface area (Å²) in [5.41, 5.74) is 2.88. The number of hydrazine groups is 1. The largest absolute Gasteiger partial charge is 0.377 e. The van der Waals surface area contributed by atoms with Gasteiger partial charge in [0, 0.05) is 19.6 Å². The van der Waals surface area contributed by atoms with Crippen LogP contribution in [0, 0.1) is 11.8 Å². The van der Waals surface area contributed by atoms with Crippen molar-refractivity contribution < 1.29 is 4.74 Å². The van der Waals surface area contributed by atoms with E-state index in [1.165, 1.54) is 0 Å². The lowest BCUT2D eigenvalue weighted by molar-refractivity contribution is 0.00286. The fraction of sp³-hybridized carbons (Fsp3) is 0.857. The predicted octanol–water partition coefficient (Wildman–Crippen LogP) is 1.37. The van der Waals surface area contributed by atoms with Gasteiger partial charge in [-0.05, 0) is 18.8 Å². The highest BCUT2D eigenvalue weighted by Gasteiger charge is 2.26. The number of aromatic nitrogens is 3. The standard InChI is InChI=1S/C14H29N5O/c1-6-20-14(11(4)5)12(18-15)7-13-16-9-17-19(13)8-10(2)3/h9-12,14,18H,6-8,15H2,1-5H3. The molecular formula is C14H29N5O. The Kier molecular flexibility index (Phi) is 7.12. The van der Waals surface area contributed by atoms with Crippen molar-refractivity contribution in [1.82, 2.24) is 20.2 Å². The Balaban J connectivity index is 2.79. The molecule has 0 aliphatic heterocycles. The second kappa shape index (κ2) is 8.34. The summed E-state index contributed by atoms with van der Waals surface area (Å²) >= 11 is 0. The van der Waals surface area contributed by atoms with Crippen molar-refractivity contribution in [3.63, 3.8) is 0 Å². The van der Waals surface area contributed by atoms with Crippen LogP contribution in [0.1, 0.15) is 40.4 Å². The molecule has 1 aromatic heterocycles. The van der Waals surface area contributed by atoms with Crippen molar-refractivity contribution in [3.8, 4) is 0 Å². The molecule has 0 aliphatic rings. The lowest BCUT2D eigenvalue weighted by Crippen LogP contribution is -2.49. The molecule has 2 atom stereocenters. The molecule has 0 saturated carbocycles. The van der Waals surface area contributed by atoms with Crippen LogP contribution in [0.5, 0.6) is 0 Å². The number of hydrogen-bond acceptors (Lipinski definition) is 5. The molecule has 0 spiro atoms. The van der Waals surface area contributed by atoms with Gasteiger partial charge >= 0.3 is 0 Å². The zero-order chi connectivity index (χ0) is 15.1. The Morgan fingerprint density at radius 1 is 1.35 bits per heavy atom. The summed E-state index contributed by atoms with van der Waals surface area (Å²) in [6, 6.07) is 0.0325. The van der Waals surface area contributed by atoms with Gasteiger partial charge < -0.3 is 4.74 Å². The summed E-state index contributed by atoms with van der Waals surface area (Å²) in [7, 11) is 0. The van der Waals surface area contributed by atoms with Gasteiger partial charge in [-0.2, -0.15) is 5.10 Å². The van der Waals surface area contributed by atoms with Crippen LogP contribution in [0.15, 0.2) is 6.33 Å². The van der Waals surface area contributed by atoms with E-state index in [1.807, 2.05) is 11.6 Å². The molecule has 116 valence electrons. The van der Waals surface area contributed by atoms with Crippen molar-refractivity contribution in [2.45, 2.75) is 59.7 Å². The minimum Gasteiger partial charge on any atom is -0.377 e. The van der Waals surface area contributed by atoms with Crippen LogP contribution < -0.4 is 11.3 Å². The van der Waals surface area contributed by atoms with E-state index in [4.69, 9.17) is 10.6 Å². The Morgan fingerprint density at radius 2 is 2.05 bits per heavy atom. The number of nitrogens with zero attached hydrogens (tertiary/aromatic N) is 3. The highest BCUT2D eigenvalue weighted by atomic mass is 16.5. The van der Waals surface area contributed by atoms with Gasteiger partial charge in [-0.25, -0.2) is 9.67 Å². The minimum atomic E-state index is 0.0325. The average molecular weight is 283 g/mol. The lowest BCUT2D eigenvalue weighted by Gasteiger charge is -2.29. The molecule has 0 amide bonds. The minimum absolute atomic E-state index is 0.0325. The van der Waals surface area contributed by atoms with Crippen LogP contribution in [0.3, 0.4) is 0 Å². The zero-order valence-corrected chi connectivity index (χ0v) is 13.3. The highest BCUT2D eigenvalue weighted by Crippen LogP contribution is 2.15. The summed E-state index contributed by atoms with van der Waals surface area (Å²) in [6.07, 6.45) is 2.39. The maximum absolute atomic E-state index is 5.83. The van der Waals surface area contributed by atoms with Gasteiger partial charge in [-0.1, -0.05) is 27.7 Å².